The maximum Gasteiger partial charge on any atom is 0.381 e. The van der Waals surface area contributed by atoms with Crippen LogP contribution in [0.5, 0.6) is 0 Å². The van der Waals surface area contributed by atoms with Gasteiger partial charge in [0.15, 0.2) is 0 Å². The molecule has 0 saturated carbocycles. The Morgan fingerprint density at radius 1 is 1.31 bits per heavy atom. The lowest BCUT2D eigenvalue weighted by Crippen LogP contribution is -2.54. The Labute approximate surface area is 94.0 Å². The van der Waals surface area contributed by atoms with Crippen molar-refractivity contribution in [1.82, 2.24) is 5.32 Å². The molecule has 0 unspecified atom stereocenters. The summed E-state index contributed by atoms with van der Waals surface area (Å²) < 4.78 is 9.67. The number of carbonyl (C=O) groups is 1. The number of hydrogen-bond acceptors (Lipinski definition) is 4. The molecule has 0 amide bonds. The van der Waals surface area contributed by atoms with E-state index in [9.17, 15) is 4.79 Å². The molecule has 2 N–H and O–H groups in total. The van der Waals surface area contributed by atoms with Crippen molar-refractivity contribution in [3.05, 3.63) is 35.9 Å². The topological polar surface area (TPSA) is 67.8 Å². The van der Waals surface area contributed by atoms with Crippen LogP contribution < -0.4 is 5.32 Å². The Morgan fingerprint density at radius 2 is 1.88 bits per heavy atom. The Balaban J connectivity index is 2.67. The van der Waals surface area contributed by atoms with Gasteiger partial charge in [-0.15, -0.1) is 0 Å². The molecule has 1 aromatic carbocycles. The zero-order valence-corrected chi connectivity index (χ0v) is 9.27. The van der Waals surface area contributed by atoms with Crippen molar-refractivity contribution < 1.29 is 19.4 Å². The van der Waals surface area contributed by atoms with Crippen LogP contribution in [0.2, 0.25) is 0 Å². The summed E-state index contributed by atoms with van der Waals surface area (Å²) in [5.41, 5.74) is 0.947. The molecule has 0 aliphatic rings. The zero-order valence-electron chi connectivity index (χ0n) is 9.27. The van der Waals surface area contributed by atoms with Crippen LogP contribution in [0, 0.1) is 0 Å². The molecular formula is C11H15NO4. The summed E-state index contributed by atoms with van der Waals surface area (Å²) in [5, 5.41) is 11.7. The normalized spacial score (nSPS) is 11.4. The van der Waals surface area contributed by atoms with E-state index in [4.69, 9.17) is 14.6 Å². The molecule has 0 bridgehead atoms. The average Bonchev–Trinajstić information content (AvgIpc) is 2.32. The Hall–Kier alpha value is -1.43. The van der Waals surface area contributed by atoms with Gasteiger partial charge in [0.05, 0.1) is 0 Å². The van der Waals surface area contributed by atoms with Crippen LogP contribution in [0.1, 0.15) is 5.56 Å². The standard InChI is InChI=1S/C11H15NO4/c1-15-11(16-2,10(13)14)12-8-9-6-4-3-5-7-9/h3-7,12H,8H2,1-2H3,(H,13,14). The third kappa shape index (κ3) is 2.79. The molecule has 0 radical (unpaired) electrons. The fourth-order valence-electron chi connectivity index (χ4n) is 1.29. The van der Waals surface area contributed by atoms with Crippen LogP contribution in [0.15, 0.2) is 30.3 Å². The molecule has 1 aromatic rings. The molecule has 5 nitrogen and oxygen atoms in total. The van der Waals surface area contributed by atoms with Gasteiger partial charge in [-0.05, 0) is 5.56 Å². The zero-order chi connectivity index (χ0) is 12.0. The minimum Gasteiger partial charge on any atom is -0.476 e. The molecular weight excluding hydrogens is 210 g/mol. The molecule has 0 aliphatic carbocycles. The van der Waals surface area contributed by atoms with Gasteiger partial charge in [-0.2, -0.15) is 0 Å². The highest BCUT2D eigenvalue weighted by molar-refractivity contribution is 5.75. The highest BCUT2D eigenvalue weighted by Gasteiger charge is 2.38. The number of nitrogens with one attached hydrogen (secondary N) is 1. The predicted molar refractivity (Wildman–Crippen MR) is 57.7 cm³/mol. The number of benzene rings is 1. The number of hydrogen-bond donors (Lipinski definition) is 2. The van der Waals surface area contributed by atoms with E-state index < -0.39 is 11.9 Å². The fraction of sp³-hybridized carbons (Fsp3) is 0.364. The lowest BCUT2D eigenvalue weighted by Gasteiger charge is -2.26. The molecule has 0 aliphatic heterocycles. The highest BCUT2D eigenvalue weighted by Crippen LogP contribution is 2.09. The summed E-state index contributed by atoms with van der Waals surface area (Å²) in [4.78, 5) is 11.0. The van der Waals surface area contributed by atoms with Crippen LogP contribution in [0.4, 0.5) is 0 Å². The lowest BCUT2D eigenvalue weighted by atomic mass is 10.2. The van der Waals surface area contributed by atoms with E-state index in [0.29, 0.717) is 6.54 Å². The second kappa shape index (κ2) is 5.60. The third-order valence-electron chi connectivity index (χ3n) is 2.22. The number of rotatable bonds is 6. The molecule has 88 valence electrons. The van der Waals surface area contributed by atoms with E-state index in [1.54, 1.807) is 0 Å². The predicted octanol–water partition coefficient (Wildman–Crippen LogP) is 0.807. The second-order valence-electron chi connectivity index (χ2n) is 3.17. The number of methoxy groups -OCH3 is 2. The number of carboxylic acids is 1. The molecule has 0 heterocycles. The summed E-state index contributed by atoms with van der Waals surface area (Å²) in [7, 11) is 2.55. The van der Waals surface area contributed by atoms with Crippen molar-refractivity contribution in [3.8, 4) is 0 Å². The number of aliphatic carboxylic acids is 1. The molecule has 0 spiro atoms. The SMILES string of the molecule is COC(NCc1ccccc1)(OC)C(=O)O. The first-order valence-corrected chi connectivity index (χ1v) is 4.77. The molecule has 1 rings (SSSR count). The fourth-order valence-corrected chi connectivity index (χ4v) is 1.29. The first-order valence-electron chi connectivity index (χ1n) is 4.77. The highest BCUT2D eigenvalue weighted by atomic mass is 16.7. The van der Waals surface area contributed by atoms with Crippen molar-refractivity contribution in [2.45, 2.75) is 12.5 Å². The van der Waals surface area contributed by atoms with Gasteiger partial charge < -0.3 is 14.6 Å². The van der Waals surface area contributed by atoms with Gasteiger partial charge >= 0.3 is 11.9 Å². The first kappa shape index (κ1) is 12.6. The van der Waals surface area contributed by atoms with Crippen LogP contribution in [-0.4, -0.2) is 31.2 Å². The van der Waals surface area contributed by atoms with Gasteiger partial charge in [0.2, 0.25) is 0 Å². The Kier molecular flexibility index (Phi) is 4.42. The maximum absolute atomic E-state index is 11.0. The van der Waals surface area contributed by atoms with Crippen LogP contribution >= 0.6 is 0 Å². The molecule has 5 heteroatoms. The van der Waals surface area contributed by atoms with Gasteiger partial charge in [0, 0.05) is 20.8 Å². The summed E-state index contributed by atoms with van der Waals surface area (Å²) in [5.74, 6) is -3.01. The van der Waals surface area contributed by atoms with Crippen LogP contribution in [-0.2, 0) is 20.8 Å². The third-order valence-corrected chi connectivity index (χ3v) is 2.22. The van der Waals surface area contributed by atoms with Crippen molar-refractivity contribution in [3.63, 3.8) is 0 Å². The summed E-state index contributed by atoms with van der Waals surface area (Å²) >= 11 is 0. The van der Waals surface area contributed by atoms with Gasteiger partial charge in [-0.3, -0.25) is 5.32 Å². The van der Waals surface area contributed by atoms with E-state index in [2.05, 4.69) is 5.32 Å². The molecule has 0 saturated heterocycles. The van der Waals surface area contributed by atoms with Gasteiger partial charge in [0.1, 0.15) is 0 Å². The first-order chi connectivity index (χ1) is 7.64. The largest absolute Gasteiger partial charge is 0.476 e. The van der Waals surface area contributed by atoms with Crippen molar-refractivity contribution >= 4 is 5.97 Å². The summed E-state index contributed by atoms with van der Waals surface area (Å²) in [6, 6.07) is 9.40. The molecule has 0 aromatic heterocycles. The van der Waals surface area contributed by atoms with E-state index in [1.807, 2.05) is 30.3 Å². The van der Waals surface area contributed by atoms with Gasteiger partial charge in [-0.1, -0.05) is 30.3 Å². The maximum atomic E-state index is 11.0. The summed E-state index contributed by atoms with van der Waals surface area (Å²) in [6.07, 6.45) is 0. The van der Waals surface area contributed by atoms with E-state index in [1.165, 1.54) is 14.2 Å². The van der Waals surface area contributed by atoms with Crippen LogP contribution in [0.25, 0.3) is 0 Å². The minimum atomic E-state index is -1.80. The molecule has 0 atom stereocenters. The van der Waals surface area contributed by atoms with E-state index in [0.717, 1.165) is 5.56 Å². The van der Waals surface area contributed by atoms with Gasteiger partial charge in [0.25, 0.3) is 0 Å². The smallest absolute Gasteiger partial charge is 0.381 e. The quantitative estimate of drug-likeness (QED) is 0.701. The number of ether oxygens (including phenoxy) is 2. The number of carboxylic acid groups (broad SMARTS) is 1. The second-order valence-corrected chi connectivity index (χ2v) is 3.17. The van der Waals surface area contributed by atoms with Gasteiger partial charge in [-0.25, -0.2) is 4.79 Å². The van der Waals surface area contributed by atoms with Crippen LogP contribution in [0.3, 0.4) is 0 Å². The van der Waals surface area contributed by atoms with Crippen molar-refractivity contribution in [1.29, 1.82) is 0 Å². The van der Waals surface area contributed by atoms with E-state index in [-0.39, 0.29) is 0 Å². The molecule has 16 heavy (non-hydrogen) atoms. The van der Waals surface area contributed by atoms with E-state index >= 15 is 0 Å². The Bertz CT molecular complexity index is 335. The minimum absolute atomic E-state index is 0.342. The Morgan fingerprint density at radius 3 is 2.31 bits per heavy atom. The van der Waals surface area contributed by atoms with Crippen molar-refractivity contribution in [2.75, 3.05) is 14.2 Å². The van der Waals surface area contributed by atoms with Crippen molar-refractivity contribution in [2.24, 2.45) is 0 Å². The summed E-state index contributed by atoms with van der Waals surface area (Å²) in [6.45, 7) is 0.342. The average molecular weight is 225 g/mol. The lowest BCUT2D eigenvalue weighted by molar-refractivity contribution is -0.239. The molecule has 0 fully saturated rings. The monoisotopic (exact) mass is 225 g/mol.